The summed E-state index contributed by atoms with van der Waals surface area (Å²) in [5.74, 6) is 0. The van der Waals surface area contributed by atoms with Gasteiger partial charge in [0.2, 0.25) is 0 Å². The molecule has 0 heterocycles. The summed E-state index contributed by atoms with van der Waals surface area (Å²) in [6, 6.07) is 9.51. The van der Waals surface area contributed by atoms with Gasteiger partial charge in [-0.15, -0.1) is 11.8 Å². The third-order valence-corrected chi connectivity index (χ3v) is 4.82. The van der Waals surface area contributed by atoms with Crippen LogP contribution in [0.5, 0.6) is 0 Å². The van der Waals surface area contributed by atoms with Crippen LogP contribution in [0.15, 0.2) is 35.2 Å². The molecule has 0 radical (unpaired) electrons. The molecule has 0 aliphatic carbocycles. The van der Waals surface area contributed by atoms with Gasteiger partial charge in [0.25, 0.3) is 0 Å². The Morgan fingerprint density at radius 3 is 2.57 bits per heavy atom. The first kappa shape index (κ1) is 16.4. The van der Waals surface area contributed by atoms with Gasteiger partial charge < -0.3 is 11.1 Å². The molecule has 3 N–H and O–H groups in total. The maximum Gasteiger partial charge on any atom is 0.107 e. The van der Waals surface area contributed by atoms with Crippen molar-refractivity contribution in [3.8, 4) is 0 Å². The first-order valence-corrected chi connectivity index (χ1v) is 8.53. The Morgan fingerprint density at radius 1 is 1.24 bits per heavy atom. The molecule has 0 bridgehead atoms. The molecule has 21 heavy (non-hydrogen) atoms. The lowest BCUT2D eigenvalue weighted by Crippen LogP contribution is -2.13. The molecule has 2 aromatic rings. The highest BCUT2D eigenvalue weighted by Gasteiger charge is 2.14. The molecule has 2 aromatic carbocycles. The van der Waals surface area contributed by atoms with Crippen molar-refractivity contribution in [3.63, 3.8) is 0 Å². The van der Waals surface area contributed by atoms with Gasteiger partial charge in [-0.3, -0.25) is 0 Å². The average Bonchev–Trinajstić information content (AvgIpc) is 2.47. The summed E-state index contributed by atoms with van der Waals surface area (Å²) in [7, 11) is 0. The molecule has 2 rings (SSSR count). The van der Waals surface area contributed by atoms with Gasteiger partial charge in [0.05, 0.1) is 15.7 Å². The van der Waals surface area contributed by atoms with Crippen molar-refractivity contribution in [1.82, 2.24) is 0 Å². The highest BCUT2D eigenvalue weighted by Crippen LogP contribution is 2.37. The van der Waals surface area contributed by atoms with Crippen LogP contribution in [0.2, 0.25) is 10.0 Å². The summed E-state index contributed by atoms with van der Waals surface area (Å²) in [5, 5.41) is 4.40. The topological polar surface area (TPSA) is 38.0 Å². The van der Waals surface area contributed by atoms with E-state index in [-0.39, 0.29) is 0 Å². The second-order valence-electron chi connectivity index (χ2n) is 4.43. The van der Waals surface area contributed by atoms with Crippen LogP contribution in [0.4, 0.5) is 11.4 Å². The number of halogens is 2. The van der Waals surface area contributed by atoms with Crippen molar-refractivity contribution in [2.75, 3.05) is 11.6 Å². The van der Waals surface area contributed by atoms with Crippen molar-refractivity contribution in [2.24, 2.45) is 5.73 Å². The number of thiocarbonyl (C=S) groups is 1. The van der Waals surface area contributed by atoms with Crippen LogP contribution in [0.3, 0.4) is 0 Å². The minimum atomic E-state index is 0.336. The molecule has 0 saturated carbocycles. The fourth-order valence-corrected chi connectivity index (χ4v) is 3.35. The Labute approximate surface area is 144 Å². The largest absolute Gasteiger partial charge is 0.389 e. The molecule has 6 heteroatoms. The molecule has 110 valence electrons. The van der Waals surface area contributed by atoms with Gasteiger partial charge in [0.15, 0.2) is 0 Å². The Balaban J connectivity index is 2.55. The van der Waals surface area contributed by atoms with E-state index in [1.807, 2.05) is 43.5 Å². The van der Waals surface area contributed by atoms with Crippen LogP contribution >= 0.6 is 47.2 Å². The van der Waals surface area contributed by atoms with E-state index in [2.05, 4.69) is 5.32 Å². The zero-order valence-corrected chi connectivity index (χ0v) is 14.7. The number of benzene rings is 2. The molecular formula is C15H14Cl2N2S2. The first-order chi connectivity index (χ1) is 9.95. The molecule has 0 atom stereocenters. The SMILES string of the molecule is CSc1cccc(Nc2c(Cl)ccc(C)c2Cl)c1C(N)=S. The third kappa shape index (κ3) is 3.46. The number of thioether (sulfide) groups is 1. The fourth-order valence-electron chi connectivity index (χ4n) is 1.97. The van der Waals surface area contributed by atoms with Gasteiger partial charge in [-0.05, 0) is 36.9 Å². The van der Waals surface area contributed by atoms with Crippen LogP contribution in [0.25, 0.3) is 0 Å². The minimum Gasteiger partial charge on any atom is -0.389 e. The van der Waals surface area contributed by atoms with Gasteiger partial charge in [-0.1, -0.05) is 47.6 Å². The standard InChI is InChI=1S/C15H14Cl2N2S2/c1-8-6-7-9(16)14(13(8)17)19-10-4-3-5-11(21-2)12(10)15(18)20/h3-7,19H,1-2H3,(H2,18,20). The lowest BCUT2D eigenvalue weighted by atomic mass is 10.1. The normalized spacial score (nSPS) is 10.5. The average molecular weight is 357 g/mol. The Hall–Kier alpha value is -0.940. The van der Waals surface area contributed by atoms with Gasteiger partial charge in [-0.25, -0.2) is 0 Å². The summed E-state index contributed by atoms with van der Waals surface area (Å²) in [5.41, 5.74) is 9.06. The number of rotatable bonds is 4. The summed E-state index contributed by atoms with van der Waals surface area (Å²) in [4.78, 5) is 1.34. The summed E-state index contributed by atoms with van der Waals surface area (Å²) >= 11 is 19.3. The van der Waals surface area contributed by atoms with Crippen LogP contribution in [-0.4, -0.2) is 11.2 Å². The molecule has 0 spiro atoms. The number of anilines is 2. The van der Waals surface area contributed by atoms with Crippen LogP contribution < -0.4 is 11.1 Å². The Bertz CT molecular complexity index is 702. The fraction of sp³-hybridized carbons (Fsp3) is 0.133. The van der Waals surface area contributed by atoms with Crippen LogP contribution in [0.1, 0.15) is 11.1 Å². The lowest BCUT2D eigenvalue weighted by Gasteiger charge is -2.17. The van der Waals surface area contributed by atoms with E-state index in [9.17, 15) is 0 Å². The van der Waals surface area contributed by atoms with E-state index in [1.54, 1.807) is 11.8 Å². The quantitative estimate of drug-likeness (QED) is 0.567. The van der Waals surface area contributed by atoms with Gasteiger partial charge in [-0.2, -0.15) is 0 Å². The Morgan fingerprint density at radius 2 is 1.95 bits per heavy atom. The molecule has 0 saturated heterocycles. The highest BCUT2D eigenvalue weighted by atomic mass is 35.5. The Kier molecular flexibility index (Phi) is 5.38. The molecule has 0 aromatic heterocycles. The van der Waals surface area contributed by atoms with E-state index < -0.39 is 0 Å². The maximum absolute atomic E-state index is 6.34. The van der Waals surface area contributed by atoms with E-state index >= 15 is 0 Å². The van der Waals surface area contributed by atoms with Gasteiger partial charge >= 0.3 is 0 Å². The van der Waals surface area contributed by atoms with E-state index in [0.29, 0.717) is 20.7 Å². The second kappa shape index (κ2) is 6.88. The third-order valence-electron chi connectivity index (χ3n) is 3.04. The summed E-state index contributed by atoms with van der Waals surface area (Å²) in [6.07, 6.45) is 1.98. The molecule has 2 nitrogen and oxygen atoms in total. The summed E-state index contributed by atoms with van der Waals surface area (Å²) < 4.78 is 0. The predicted molar refractivity (Wildman–Crippen MR) is 98.6 cm³/mol. The van der Waals surface area contributed by atoms with Crippen molar-refractivity contribution < 1.29 is 0 Å². The molecule has 0 unspecified atom stereocenters. The maximum atomic E-state index is 6.34. The lowest BCUT2D eigenvalue weighted by molar-refractivity contribution is 1.39. The summed E-state index contributed by atoms with van der Waals surface area (Å²) in [6.45, 7) is 1.93. The molecule has 0 aliphatic heterocycles. The van der Waals surface area contributed by atoms with Crippen molar-refractivity contribution in [3.05, 3.63) is 51.5 Å². The van der Waals surface area contributed by atoms with Gasteiger partial charge in [0, 0.05) is 16.1 Å². The predicted octanol–water partition coefficient (Wildman–Crippen LogP) is 5.40. The van der Waals surface area contributed by atoms with E-state index in [4.69, 9.17) is 41.2 Å². The second-order valence-corrected chi connectivity index (χ2v) is 6.50. The molecular weight excluding hydrogens is 343 g/mol. The van der Waals surface area contributed by atoms with E-state index in [1.165, 1.54) is 0 Å². The van der Waals surface area contributed by atoms with Crippen LogP contribution in [-0.2, 0) is 0 Å². The number of hydrogen-bond acceptors (Lipinski definition) is 3. The van der Waals surface area contributed by atoms with Crippen molar-refractivity contribution >= 4 is 63.5 Å². The molecule has 0 aliphatic rings. The molecule has 0 fully saturated rings. The monoisotopic (exact) mass is 356 g/mol. The first-order valence-electron chi connectivity index (χ1n) is 6.14. The highest BCUT2D eigenvalue weighted by molar-refractivity contribution is 7.98. The van der Waals surface area contributed by atoms with Crippen molar-refractivity contribution in [2.45, 2.75) is 11.8 Å². The molecule has 0 amide bonds. The zero-order chi connectivity index (χ0) is 15.6. The number of aryl methyl sites for hydroxylation is 1. The number of hydrogen-bond donors (Lipinski definition) is 2. The minimum absolute atomic E-state index is 0.336. The number of nitrogens with one attached hydrogen (secondary N) is 1. The number of nitrogens with two attached hydrogens (primary N) is 1. The van der Waals surface area contributed by atoms with E-state index in [0.717, 1.165) is 21.7 Å². The smallest absolute Gasteiger partial charge is 0.107 e. The van der Waals surface area contributed by atoms with Gasteiger partial charge in [0.1, 0.15) is 4.99 Å². The van der Waals surface area contributed by atoms with Crippen LogP contribution in [0, 0.1) is 6.92 Å². The van der Waals surface area contributed by atoms with Crippen molar-refractivity contribution in [1.29, 1.82) is 0 Å². The zero-order valence-electron chi connectivity index (χ0n) is 11.5.